The Morgan fingerprint density at radius 3 is 2.72 bits per heavy atom. The summed E-state index contributed by atoms with van der Waals surface area (Å²) in [5, 5.41) is 3.00. The molecule has 0 bridgehead atoms. The van der Waals surface area contributed by atoms with E-state index in [0.717, 1.165) is 16.8 Å². The molecule has 4 rings (SSSR count). The molecule has 0 unspecified atom stereocenters. The molecule has 0 saturated carbocycles. The van der Waals surface area contributed by atoms with Gasteiger partial charge in [-0.05, 0) is 44.0 Å². The third-order valence-corrected chi connectivity index (χ3v) is 5.57. The van der Waals surface area contributed by atoms with Gasteiger partial charge in [0.05, 0.1) is 17.3 Å². The fraction of sp³-hybridized carbons (Fsp3) is 0.409. The number of amides is 1. The number of furan rings is 1. The number of benzene rings is 1. The van der Waals surface area contributed by atoms with E-state index in [9.17, 15) is 9.59 Å². The first-order valence-electron chi connectivity index (χ1n) is 10.2. The van der Waals surface area contributed by atoms with Crippen LogP contribution in [0.3, 0.4) is 0 Å². The van der Waals surface area contributed by atoms with E-state index < -0.39 is 0 Å². The highest BCUT2D eigenvalue weighted by Crippen LogP contribution is 2.22. The van der Waals surface area contributed by atoms with Gasteiger partial charge >= 0.3 is 0 Å². The van der Waals surface area contributed by atoms with E-state index >= 15 is 0 Å². The minimum absolute atomic E-state index is 0.0308. The molecular formula is C22H26N4O3. The van der Waals surface area contributed by atoms with Crippen molar-refractivity contribution in [2.75, 3.05) is 24.5 Å². The molecule has 1 fully saturated rings. The van der Waals surface area contributed by atoms with E-state index in [1.54, 1.807) is 10.8 Å². The first-order chi connectivity index (χ1) is 14.2. The maximum atomic E-state index is 13.0. The number of aryl methyl sites for hydroxylation is 1. The van der Waals surface area contributed by atoms with Crippen molar-refractivity contribution in [3.05, 3.63) is 58.8 Å². The molecule has 1 amide bonds. The zero-order chi connectivity index (χ0) is 20.2. The van der Waals surface area contributed by atoms with Crippen molar-refractivity contribution in [3.63, 3.8) is 0 Å². The molecule has 1 aliphatic rings. The van der Waals surface area contributed by atoms with Gasteiger partial charge in [0.2, 0.25) is 5.91 Å². The minimum Gasteiger partial charge on any atom is -0.469 e. The van der Waals surface area contributed by atoms with Gasteiger partial charge < -0.3 is 19.2 Å². The van der Waals surface area contributed by atoms with Gasteiger partial charge in [-0.3, -0.25) is 9.59 Å². The van der Waals surface area contributed by atoms with Crippen molar-refractivity contribution >= 4 is 22.8 Å². The van der Waals surface area contributed by atoms with Crippen LogP contribution in [-0.2, 0) is 17.8 Å². The number of hydrogen-bond acceptors (Lipinski definition) is 5. The van der Waals surface area contributed by atoms with Crippen LogP contribution in [0.25, 0.3) is 11.0 Å². The first-order valence-corrected chi connectivity index (χ1v) is 10.2. The number of nitrogens with one attached hydrogen (secondary N) is 1. The predicted molar refractivity (Wildman–Crippen MR) is 112 cm³/mol. The number of carbonyl (C=O) groups excluding carboxylic acids is 1. The van der Waals surface area contributed by atoms with Gasteiger partial charge in [-0.25, -0.2) is 4.98 Å². The Morgan fingerprint density at radius 2 is 2.00 bits per heavy atom. The zero-order valence-electron chi connectivity index (χ0n) is 16.6. The van der Waals surface area contributed by atoms with Crippen molar-refractivity contribution < 1.29 is 9.21 Å². The van der Waals surface area contributed by atoms with E-state index in [-0.39, 0.29) is 17.4 Å². The van der Waals surface area contributed by atoms with Gasteiger partial charge in [0.15, 0.2) is 5.82 Å². The molecule has 2 aromatic heterocycles. The smallest absolute Gasteiger partial charge is 0.293 e. The van der Waals surface area contributed by atoms with Crippen LogP contribution in [0.2, 0.25) is 0 Å². The molecule has 0 radical (unpaired) electrons. The predicted octanol–water partition coefficient (Wildman–Crippen LogP) is 2.58. The Bertz CT molecular complexity index is 1030. The number of para-hydroxylation sites is 2. The summed E-state index contributed by atoms with van der Waals surface area (Å²) in [5.74, 6) is 1.40. The number of hydrogen-bond donors (Lipinski definition) is 1. The molecular weight excluding hydrogens is 368 g/mol. The summed E-state index contributed by atoms with van der Waals surface area (Å²) >= 11 is 0. The summed E-state index contributed by atoms with van der Waals surface area (Å²) in [6.07, 6.45) is 3.76. The van der Waals surface area contributed by atoms with E-state index in [2.05, 4.69) is 10.3 Å². The van der Waals surface area contributed by atoms with Crippen LogP contribution >= 0.6 is 0 Å². The average Bonchev–Trinajstić information content (AvgIpc) is 3.27. The maximum Gasteiger partial charge on any atom is 0.293 e. The quantitative estimate of drug-likeness (QED) is 0.695. The molecule has 1 N–H and O–H groups in total. The Morgan fingerprint density at radius 1 is 1.21 bits per heavy atom. The summed E-state index contributed by atoms with van der Waals surface area (Å²) in [5.41, 5.74) is 1.61. The van der Waals surface area contributed by atoms with E-state index in [1.165, 1.54) is 0 Å². The molecule has 0 aliphatic carbocycles. The number of nitrogens with zero attached hydrogens (tertiary/aromatic N) is 3. The lowest BCUT2D eigenvalue weighted by molar-refractivity contribution is -0.125. The van der Waals surface area contributed by atoms with Gasteiger partial charge in [0.1, 0.15) is 5.76 Å². The molecule has 7 nitrogen and oxygen atoms in total. The zero-order valence-corrected chi connectivity index (χ0v) is 16.6. The summed E-state index contributed by atoms with van der Waals surface area (Å²) in [7, 11) is 0. The third-order valence-electron chi connectivity index (χ3n) is 5.57. The number of fused-ring (bicyclic) bond motifs is 1. The van der Waals surface area contributed by atoms with E-state index in [4.69, 9.17) is 4.42 Å². The SMILES string of the molecule is CCn1c(=O)c(N2CCC(C(=O)NCCc3ccco3)CC2)nc2ccccc21. The van der Waals surface area contributed by atoms with Gasteiger partial charge in [-0.15, -0.1) is 0 Å². The Labute approximate surface area is 169 Å². The van der Waals surface area contributed by atoms with Crippen molar-refractivity contribution in [1.29, 1.82) is 0 Å². The molecule has 1 aliphatic heterocycles. The van der Waals surface area contributed by atoms with Crippen LogP contribution in [0.1, 0.15) is 25.5 Å². The first kappa shape index (κ1) is 19.2. The van der Waals surface area contributed by atoms with Gasteiger partial charge in [0, 0.05) is 38.5 Å². The second kappa shape index (κ2) is 8.51. The number of anilines is 1. The van der Waals surface area contributed by atoms with Crippen LogP contribution in [0.15, 0.2) is 51.9 Å². The van der Waals surface area contributed by atoms with E-state index in [0.29, 0.717) is 51.3 Å². The van der Waals surface area contributed by atoms with Crippen LogP contribution in [0.4, 0.5) is 5.82 Å². The second-order valence-corrected chi connectivity index (χ2v) is 7.36. The standard InChI is InChI=1S/C22H26N4O3/c1-2-26-19-8-4-3-7-18(19)24-20(22(26)28)25-13-10-16(11-14-25)21(27)23-12-9-17-6-5-15-29-17/h3-8,15-16H,2,9-14H2,1H3,(H,23,27). The molecule has 29 heavy (non-hydrogen) atoms. The molecule has 0 atom stereocenters. The topological polar surface area (TPSA) is 80.4 Å². The lowest BCUT2D eigenvalue weighted by atomic mass is 9.96. The number of carbonyl (C=O) groups is 1. The van der Waals surface area contributed by atoms with Crippen LogP contribution in [0, 0.1) is 5.92 Å². The Kier molecular flexibility index (Phi) is 5.64. The lowest BCUT2D eigenvalue weighted by Gasteiger charge is -2.32. The molecule has 0 spiro atoms. The second-order valence-electron chi connectivity index (χ2n) is 7.36. The van der Waals surface area contributed by atoms with Gasteiger partial charge in [-0.1, -0.05) is 12.1 Å². The fourth-order valence-electron chi connectivity index (χ4n) is 3.96. The number of aromatic nitrogens is 2. The van der Waals surface area contributed by atoms with Crippen LogP contribution in [0.5, 0.6) is 0 Å². The highest BCUT2D eigenvalue weighted by molar-refractivity contribution is 5.79. The van der Waals surface area contributed by atoms with Crippen LogP contribution < -0.4 is 15.8 Å². The molecule has 3 aromatic rings. The van der Waals surface area contributed by atoms with Crippen molar-refractivity contribution in [2.45, 2.75) is 32.7 Å². The van der Waals surface area contributed by atoms with Crippen molar-refractivity contribution in [1.82, 2.24) is 14.9 Å². The highest BCUT2D eigenvalue weighted by atomic mass is 16.3. The molecule has 152 valence electrons. The summed E-state index contributed by atoms with van der Waals surface area (Å²) in [6.45, 7) is 4.45. The maximum absolute atomic E-state index is 13.0. The Balaban J connectivity index is 1.40. The Hall–Kier alpha value is -3.09. The van der Waals surface area contributed by atoms with Crippen molar-refractivity contribution in [2.24, 2.45) is 5.92 Å². The lowest BCUT2D eigenvalue weighted by Crippen LogP contribution is -2.43. The minimum atomic E-state index is -0.0625. The van der Waals surface area contributed by atoms with Gasteiger partial charge in [-0.2, -0.15) is 0 Å². The fourth-order valence-corrected chi connectivity index (χ4v) is 3.96. The highest BCUT2D eigenvalue weighted by Gasteiger charge is 2.27. The monoisotopic (exact) mass is 394 g/mol. The van der Waals surface area contributed by atoms with Gasteiger partial charge in [0.25, 0.3) is 5.56 Å². The molecule has 7 heteroatoms. The average molecular weight is 394 g/mol. The molecule has 1 saturated heterocycles. The van der Waals surface area contributed by atoms with E-state index in [1.807, 2.05) is 48.2 Å². The van der Waals surface area contributed by atoms with Crippen molar-refractivity contribution in [3.8, 4) is 0 Å². The number of rotatable bonds is 6. The largest absolute Gasteiger partial charge is 0.469 e. The normalized spacial score (nSPS) is 15.0. The molecule has 3 heterocycles. The van der Waals surface area contributed by atoms with Crippen LogP contribution in [-0.4, -0.2) is 35.1 Å². The summed E-state index contributed by atoms with van der Waals surface area (Å²) in [6, 6.07) is 11.5. The summed E-state index contributed by atoms with van der Waals surface area (Å²) < 4.78 is 7.06. The summed E-state index contributed by atoms with van der Waals surface area (Å²) in [4.78, 5) is 32.1. The number of piperidine rings is 1. The molecule has 1 aromatic carbocycles. The third kappa shape index (κ3) is 4.04.